The number of carbonyl (C=O) groups is 1. The van der Waals surface area contributed by atoms with Gasteiger partial charge in [-0.15, -0.1) is 0 Å². The van der Waals surface area contributed by atoms with Gasteiger partial charge in [-0.1, -0.05) is 24.3 Å². The minimum Gasteiger partial charge on any atom is -0.383 e. The van der Waals surface area contributed by atoms with Gasteiger partial charge < -0.3 is 25.8 Å². The summed E-state index contributed by atoms with van der Waals surface area (Å²) in [5, 5.41) is 8.36. The predicted octanol–water partition coefficient (Wildman–Crippen LogP) is 3.30. The average Bonchev–Trinajstić information content (AvgIpc) is 3.65. The topological polar surface area (TPSA) is 121 Å². The maximum absolute atomic E-state index is 12.9. The van der Waals surface area contributed by atoms with E-state index in [0.717, 1.165) is 42.9 Å². The van der Waals surface area contributed by atoms with Crippen LogP contribution in [0.25, 0.3) is 11.0 Å². The number of rotatable bonds is 4. The molecule has 4 N–H and O–H groups in total. The third kappa shape index (κ3) is 5.29. The summed E-state index contributed by atoms with van der Waals surface area (Å²) in [5.74, 6) is 0.865. The lowest BCUT2D eigenvalue weighted by Crippen LogP contribution is -2.49. The second-order valence-corrected chi connectivity index (χ2v) is 9.81. The number of aromatic amines is 1. The number of H-pyrrole nitrogens is 1. The third-order valence-corrected chi connectivity index (χ3v) is 7.29. The van der Waals surface area contributed by atoms with Gasteiger partial charge >= 0.3 is 0 Å². The number of nitrogen functional groups attached to an aromatic ring is 1. The molecule has 0 saturated carbocycles. The van der Waals surface area contributed by atoms with Gasteiger partial charge in [0.25, 0.3) is 0 Å². The molecule has 1 saturated heterocycles. The Kier molecular flexibility index (Phi) is 7.09. The van der Waals surface area contributed by atoms with Gasteiger partial charge in [-0.25, -0.2) is 0 Å². The van der Waals surface area contributed by atoms with E-state index < -0.39 is 0 Å². The smallest absolute Gasteiger partial charge is 0.247 e. The molecule has 1 aromatic carbocycles. The van der Waals surface area contributed by atoms with Crippen molar-refractivity contribution >= 4 is 34.4 Å². The Labute approximate surface area is 216 Å². The largest absolute Gasteiger partial charge is 0.383 e. The Balaban J connectivity index is 0.000000260. The van der Waals surface area contributed by atoms with Gasteiger partial charge in [0.1, 0.15) is 17.5 Å². The molecule has 2 aliphatic rings. The molecule has 0 bridgehead atoms. The molecule has 6 rings (SSSR count). The summed E-state index contributed by atoms with van der Waals surface area (Å²) in [6, 6.07) is 10.2. The highest BCUT2D eigenvalue weighted by atomic mass is 16.2. The van der Waals surface area contributed by atoms with E-state index in [-0.39, 0.29) is 11.9 Å². The molecule has 194 valence electrons. The molecule has 4 heterocycles. The molecule has 1 aliphatic carbocycles. The monoisotopic (exact) mass is 501 g/mol. The van der Waals surface area contributed by atoms with Gasteiger partial charge in [-0.3, -0.25) is 9.48 Å². The van der Waals surface area contributed by atoms with Crippen molar-refractivity contribution in [2.24, 2.45) is 0 Å². The van der Waals surface area contributed by atoms with Crippen molar-refractivity contribution in [2.45, 2.75) is 39.2 Å². The molecule has 1 atom stereocenters. The van der Waals surface area contributed by atoms with Gasteiger partial charge in [0.2, 0.25) is 11.9 Å². The first-order valence-corrected chi connectivity index (χ1v) is 12.9. The number of aryl methyl sites for hydroxylation is 2. The van der Waals surface area contributed by atoms with Crippen molar-refractivity contribution in [1.29, 1.82) is 0 Å². The molecule has 0 spiro atoms. The van der Waals surface area contributed by atoms with Crippen LogP contribution in [0.3, 0.4) is 0 Å². The van der Waals surface area contributed by atoms with Crippen LogP contribution in [0, 0.1) is 6.92 Å². The number of benzene rings is 1. The van der Waals surface area contributed by atoms with Crippen LogP contribution >= 0.6 is 0 Å². The molecular formula is C27H35N9O. The summed E-state index contributed by atoms with van der Waals surface area (Å²) < 4.78 is 1.74. The fraction of sp³-hybridized carbons (Fsp3) is 0.407. The van der Waals surface area contributed by atoms with Crippen LogP contribution in [-0.2, 0) is 17.6 Å². The van der Waals surface area contributed by atoms with Gasteiger partial charge in [0.05, 0.1) is 23.0 Å². The maximum atomic E-state index is 12.9. The number of likely N-dealkylation sites (N-methyl/N-ethyl adjacent to an activating group) is 1. The van der Waals surface area contributed by atoms with E-state index >= 15 is 0 Å². The first kappa shape index (κ1) is 24.8. The SMILES string of the molecule is Cc1c(Nc2nc(N)c3cc[nH]c3n2)cnn1C(C)C(=O)N1CCN(C)CC1.c1ccc2c(c1)CCC2. The Morgan fingerprint density at radius 1 is 1.08 bits per heavy atom. The van der Waals surface area contributed by atoms with E-state index in [2.05, 4.69) is 61.6 Å². The molecule has 1 fully saturated rings. The van der Waals surface area contributed by atoms with Crippen molar-refractivity contribution in [2.75, 3.05) is 44.3 Å². The number of carbonyl (C=O) groups excluding carboxylic acids is 1. The summed E-state index contributed by atoms with van der Waals surface area (Å²) in [7, 11) is 2.07. The Bertz CT molecular complexity index is 1360. The third-order valence-electron chi connectivity index (χ3n) is 7.29. The number of hydrogen-bond acceptors (Lipinski definition) is 7. The summed E-state index contributed by atoms with van der Waals surface area (Å²) >= 11 is 0. The van der Waals surface area contributed by atoms with Crippen molar-refractivity contribution in [1.82, 2.24) is 34.5 Å². The lowest BCUT2D eigenvalue weighted by atomic mass is 10.1. The standard InChI is InChI=1S/C18H25N9O.C9H10/c1-11-14(22-18-23-15(19)13-4-5-20-16(13)24-18)10-21-27(11)12(2)17(28)26-8-6-25(3)7-9-26;1-2-5-9-7-3-6-8(9)4-1/h4-5,10,12H,6-9H2,1-3H3,(H4,19,20,22,23,24);1-2,4-5H,3,6-7H2. The summed E-state index contributed by atoms with van der Waals surface area (Å²) in [6.45, 7) is 7.07. The number of aromatic nitrogens is 5. The molecule has 1 amide bonds. The fourth-order valence-corrected chi connectivity index (χ4v) is 4.99. The van der Waals surface area contributed by atoms with E-state index in [1.54, 1.807) is 28.2 Å². The fourth-order valence-electron chi connectivity index (χ4n) is 4.99. The normalized spacial score (nSPS) is 16.2. The van der Waals surface area contributed by atoms with Crippen LogP contribution in [0.5, 0.6) is 0 Å². The summed E-state index contributed by atoms with van der Waals surface area (Å²) in [6.07, 6.45) is 7.42. The molecule has 1 aliphatic heterocycles. The highest BCUT2D eigenvalue weighted by Gasteiger charge is 2.26. The molecule has 37 heavy (non-hydrogen) atoms. The van der Waals surface area contributed by atoms with Gasteiger partial charge in [-0.2, -0.15) is 15.1 Å². The highest BCUT2D eigenvalue weighted by Crippen LogP contribution is 2.25. The van der Waals surface area contributed by atoms with Crippen molar-refractivity contribution in [3.05, 3.63) is 59.5 Å². The number of piperazine rings is 1. The molecule has 0 radical (unpaired) electrons. The summed E-state index contributed by atoms with van der Waals surface area (Å²) in [5.41, 5.74) is 11.4. The van der Waals surface area contributed by atoms with Crippen LogP contribution in [-0.4, -0.2) is 73.7 Å². The molecule has 3 aromatic heterocycles. The van der Waals surface area contributed by atoms with Crippen LogP contribution in [0.2, 0.25) is 0 Å². The van der Waals surface area contributed by atoms with E-state index in [1.807, 2.05) is 24.8 Å². The van der Waals surface area contributed by atoms with E-state index in [9.17, 15) is 4.79 Å². The zero-order chi connectivity index (χ0) is 25.9. The zero-order valence-electron chi connectivity index (χ0n) is 21.7. The van der Waals surface area contributed by atoms with Crippen molar-refractivity contribution < 1.29 is 4.79 Å². The van der Waals surface area contributed by atoms with Crippen LogP contribution in [0.4, 0.5) is 17.5 Å². The Morgan fingerprint density at radius 3 is 2.49 bits per heavy atom. The van der Waals surface area contributed by atoms with E-state index in [0.29, 0.717) is 17.4 Å². The van der Waals surface area contributed by atoms with Crippen molar-refractivity contribution in [3.8, 4) is 0 Å². The predicted molar refractivity (Wildman–Crippen MR) is 146 cm³/mol. The van der Waals surface area contributed by atoms with Crippen LogP contribution < -0.4 is 11.1 Å². The van der Waals surface area contributed by atoms with Crippen molar-refractivity contribution in [3.63, 3.8) is 0 Å². The number of nitrogens with zero attached hydrogens (tertiary/aromatic N) is 6. The van der Waals surface area contributed by atoms with Crippen LogP contribution in [0.15, 0.2) is 42.7 Å². The van der Waals surface area contributed by atoms with Gasteiger partial charge in [0.15, 0.2) is 0 Å². The number of nitrogens with two attached hydrogens (primary N) is 1. The van der Waals surface area contributed by atoms with Gasteiger partial charge in [0, 0.05) is 32.4 Å². The van der Waals surface area contributed by atoms with E-state index in [4.69, 9.17) is 5.73 Å². The quantitative estimate of drug-likeness (QED) is 0.392. The summed E-state index contributed by atoms with van der Waals surface area (Å²) in [4.78, 5) is 28.8. The Morgan fingerprint density at radius 2 is 1.78 bits per heavy atom. The number of hydrogen-bond donors (Lipinski definition) is 3. The highest BCUT2D eigenvalue weighted by molar-refractivity contribution is 5.87. The average molecular weight is 502 g/mol. The number of anilines is 3. The zero-order valence-corrected chi connectivity index (χ0v) is 21.7. The minimum atomic E-state index is -0.379. The first-order valence-electron chi connectivity index (χ1n) is 12.9. The molecule has 10 heteroatoms. The number of nitrogens with one attached hydrogen (secondary N) is 2. The Hall–Kier alpha value is -3.92. The number of amides is 1. The first-order chi connectivity index (χ1) is 17.9. The second-order valence-electron chi connectivity index (χ2n) is 9.81. The molecule has 1 unspecified atom stereocenters. The minimum absolute atomic E-state index is 0.0825. The maximum Gasteiger partial charge on any atom is 0.247 e. The number of fused-ring (bicyclic) bond motifs is 2. The van der Waals surface area contributed by atoms with E-state index in [1.165, 1.54) is 19.3 Å². The molecule has 10 nitrogen and oxygen atoms in total. The van der Waals surface area contributed by atoms with Crippen LogP contribution in [0.1, 0.15) is 36.2 Å². The second kappa shape index (κ2) is 10.6. The molecule has 4 aromatic rings. The lowest BCUT2D eigenvalue weighted by molar-refractivity contribution is -0.136. The van der Waals surface area contributed by atoms with Gasteiger partial charge in [-0.05, 0) is 57.4 Å². The molecular weight excluding hydrogens is 466 g/mol. The lowest BCUT2D eigenvalue weighted by Gasteiger charge is -2.34.